The van der Waals surface area contributed by atoms with Gasteiger partial charge in [-0.1, -0.05) is 6.92 Å². The van der Waals surface area contributed by atoms with E-state index >= 15 is 0 Å². The minimum atomic E-state index is 1.05. The van der Waals surface area contributed by atoms with Crippen molar-refractivity contribution in [2.24, 2.45) is 7.05 Å². The molecule has 0 aliphatic carbocycles. The first-order valence-electron chi connectivity index (χ1n) is 4.04. The van der Waals surface area contributed by atoms with E-state index in [1.807, 2.05) is 17.8 Å². The molecule has 0 bridgehead atoms. The molecule has 0 aliphatic heterocycles. The number of hydrogen-bond donors (Lipinski definition) is 1. The Bertz CT molecular complexity index is 205. The maximum absolute atomic E-state index is 3.28. The summed E-state index contributed by atoms with van der Waals surface area (Å²) in [6, 6.07) is 0. The predicted molar refractivity (Wildman–Crippen MR) is 44.2 cm³/mol. The SMILES string of the molecule is CCNCCn1cc[n+](C)c1. The molecule has 0 fully saturated rings. The molecule has 0 spiro atoms. The highest BCUT2D eigenvalue weighted by Crippen LogP contribution is 1.80. The van der Waals surface area contributed by atoms with Crippen LogP contribution >= 0.6 is 0 Å². The zero-order valence-corrected chi connectivity index (χ0v) is 7.25. The summed E-state index contributed by atoms with van der Waals surface area (Å²) in [6.07, 6.45) is 6.21. The van der Waals surface area contributed by atoms with Crippen molar-refractivity contribution in [3.8, 4) is 0 Å². The molecular formula is C8H16N3+. The van der Waals surface area contributed by atoms with E-state index in [0.29, 0.717) is 0 Å². The monoisotopic (exact) mass is 154 g/mol. The van der Waals surface area contributed by atoms with Gasteiger partial charge in [0.1, 0.15) is 18.9 Å². The van der Waals surface area contributed by atoms with Gasteiger partial charge in [-0.3, -0.25) is 0 Å². The van der Waals surface area contributed by atoms with E-state index in [4.69, 9.17) is 0 Å². The predicted octanol–water partition coefficient (Wildman–Crippen LogP) is -0.0779. The van der Waals surface area contributed by atoms with Crippen LogP contribution in [0.15, 0.2) is 18.7 Å². The number of aryl methyl sites for hydroxylation is 1. The lowest BCUT2D eigenvalue weighted by molar-refractivity contribution is -0.671. The van der Waals surface area contributed by atoms with Crippen molar-refractivity contribution < 1.29 is 4.57 Å². The smallest absolute Gasteiger partial charge is 0.243 e. The first-order chi connectivity index (χ1) is 5.33. The van der Waals surface area contributed by atoms with Gasteiger partial charge >= 0.3 is 0 Å². The molecule has 3 nitrogen and oxygen atoms in total. The van der Waals surface area contributed by atoms with Crippen molar-refractivity contribution in [1.82, 2.24) is 9.88 Å². The first kappa shape index (κ1) is 8.27. The molecule has 11 heavy (non-hydrogen) atoms. The van der Waals surface area contributed by atoms with Crippen molar-refractivity contribution in [1.29, 1.82) is 0 Å². The highest BCUT2D eigenvalue weighted by molar-refractivity contribution is 4.66. The van der Waals surface area contributed by atoms with E-state index in [0.717, 1.165) is 19.6 Å². The van der Waals surface area contributed by atoms with Gasteiger partial charge in [0.25, 0.3) is 0 Å². The molecular weight excluding hydrogens is 138 g/mol. The Morgan fingerprint density at radius 1 is 1.55 bits per heavy atom. The molecule has 0 aromatic carbocycles. The van der Waals surface area contributed by atoms with E-state index in [9.17, 15) is 0 Å². The van der Waals surface area contributed by atoms with Gasteiger partial charge in [0.05, 0.1) is 7.05 Å². The lowest BCUT2D eigenvalue weighted by Crippen LogP contribution is -2.25. The summed E-state index contributed by atoms with van der Waals surface area (Å²) in [5, 5.41) is 3.28. The number of hydrogen-bond acceptors (Lipinski definition) is 1. The zero-order valence-electron chi connectivity index (χ0n) is 7.25. The molecule has 0 radical (unpaired) electrons. The van der Waals surface area contributed by atoms with Crippen LogP contribution in [0.2, 0.25) is 0 Å². The first-order valence-corrected chi connectivity index (χ1v) is 4.04. The average Bonchev–Trinajstić information content (AvgIpc) is 2.37. The van der Waals surface area contributed by atoms with Crippen LogP contribution in [0.5, 0.6) is 0 Å². The normalized spacial score (nSPS) is 10.4. The van der Waals surface area contributed by atoms with Crippen LogP contribution in [-0.2, 0) is 13.6 Å². The summed E-state index contributed by atoms with van der Waals surface area (Å²) in [6.45, 7) is 5.27. The Balaban J connectivity index is 2.27. The number of nitrogens with one attached hydrogen (secondary N) is 1. The number of likely N-dealkylation sites (N-methyl/N-ethyl adjacent to an activating group) is 1. The largest absolute Gasteiger partial charge is 0.313 e. The molecule has 0 unspecified atom stereocenters. The Labute approximate surface area is 67.7 Å². The maximum atomic E-state index is 3.28. The summed E-state index contributed by atoms with van der Waals surface area (Å²) in [7, 11) is 2.03. The Kier molecular flexibility index (Phi) is 3.11. The number of nitrogens with zero attached hydrogens (tertiary/aromatic N) is 2. The second kappa shape index (κ2) is 4.13. The molecule has 3 heteroatoms. The summed E-state index contributed by atoms with van der Waals surface area (Å²) in [5.41, 5.74) is 0. The van der Waals surface area contributed by atoms with Crippen LogP contribution in [0.25, 0.3) is 0 Å². The lowest BCUT2D eigenvalue weighted by Gasteiger charge is -1.96. The molecule has 1 heterocycles. The van der Waals surface area contributed by atoms with Gasteiger partial charge in [-0.25, -0.2) is 9.13 Å². The van der Waals surface area contributed by atoms with Crippen LogP contribution in [0, 0.1) is 0 Å². The fourth-order valence-corrected chi connectivity index (χ4v) is 1.02. The van der Waals surface area contributed by atoms with Gasteiger partial charge in [-0.2, -0.15) is 0 Å². The van der Waals surface area contributed by atoms with Gasteiger partial charge in [0.15, 0.2) is 0 Å². The van der Waals surface area contributed by atoms with Crippen molar-refractivity contribution in [3.63, 3.8) is 0 Å². The zero-order chi connectivity index (χ0) is 8.10. The second-order valence-corrected chi connectivity index (χ2v) is 2.67. The van der Waals surface area contributed by atoms with E-state index in [2.05, 4.69) is 29.3 Å². The molecule has 62 valence electrons. The quantitative estimate of drug-likeness (QED) is 0.475. The van der Waals surface area contributed by atoms with Crippen LogP contribution in [0.3, 0.4) is 0 Å². The van der Waals surface area contributed by atoms with Crippen LogP contribution in [-0.4, -0.2) is 17.7 Å². The van der Waals surface area contributed by atoms with Crippen LogP contribution < -0.4 is 9.88 Å². The van der Waals surface area contributed by atoms with Gasteiger partial charge in [-0.05, 0) is 6.54 Å². The molecule has 1 aromatic heterocycles. The van der Waals surface area contributed by atoms with E-state index < -0.39 is 0 Å². The van der Waals surface area contributed by atoms with Crippen molar-refractivity contribution in [2.45, 2.75) is 13.5 Å². The maximum Gasteiger partial charge on any atom is 0.243 e. The average molecular weight is 154 g/mol. The standard InChI is InChI=1S/C8H16N3/c1-3-9-4-5-11-7-6-10(2)8-11/h6-9H,3-5H2,1-2H3/q+1. The van der Waals surface area contributed by atoms with Crippen LogP contribution in [0.4, 0.5) is 0 Å². The van der Waals surface area contributed by atoms with E-state index in [1.54, 1.807) is 0 Å². The molecule has 0 saturated carbocycles. The summed E-state index contributed by atoms with van der Waals surface area (Å²) < 4.78 is 4.22. The fourth-order valence-electron chi connectivity index (χ4n) is 1.02. The third-order valence-electron chi connectivity index (χ3n) is 1.62. The number of rotatable bonds is 4. The van der Waals surface area contributed by atoms with E-state index in [-0.39, 0.29) is 0 Å². The van der Waals surface area contributed by atoms with Crippen molar-refractivity contribution >= 4 is 0 Å². The second-order valence-electron chi connectivity index (χ2n) is 2.67. The topological polar surface area (TPSA) is 20.8 Å². The summed E-state index contributed by atoms with van der Waals surface area (Å²) in [5.74, 6) is 0. The van der Waals surface area contributed by atoms with Crippen molar-refractivity contribution in [3.05, 3.63) is 18.7 Å². The minimum absolute atomic E-state index is 1.05. The van der Waals surface area contributed by atoms with Gasteiger partial charge in [0.2, 0.25) is 6.33 Å². The van der Waals surface area contributed by atoms with Crippen LogP contribution in [0.1, 0.15) is 6.92 Å². The van der Waals surface area contributed by atoms with Gasteiger partial charge in [0, 0.05) is 6.54 Å². The number of aromatic nitrogens is 2. The van der Waals surface area contributed by atoms with Gasteiger partial charge < -0.3 is 5.32 Å². The highest BCUT2D eigenvalue weighted by atomic mass is 15.1. The van der Waals surface area contributed by atoms with E-state index in [1.165, 1.54) is 0 Å². The van der Waals surface area contributed by atoms with Gasteiger partial charge in [-0.15, -0.1) is 0 Å². The Hall–Kier alpha value is -0.830. The Morgan fingerprint density at radius 3 is 2.91 bits per heavy atom. The summed E-state index contributed by atoms with van der Waals surface area (Å²) in [4.78, 5) is 0. The minimum Gasteiger partial charge on any atom is -0.313 e. The van der Waals surface area contributed by atoms with Crippen molar-refractivity contribution in [2.75, 3.05) is 13.1 Å². The lowest BCUT2D eigenvalue weighted by atomic mass is 10.6. The molecule has 0 atom stereocenters. The highest BCUT2D eigenvalue weighted by Gasteiger charge is 1.96. The fraction of sp³-hybridized carbons (Fsp3) is 0.625. The molecule has 0 amide bonds. The third-order valence-corrected chi connectivity index (χ3v) is 1.62. The molecule has 1 aromatic rings. The number of imidazole rings is 1. The molecule has 1 rings (SSSR count). The Morgan fingerprint density at radius 2 is 2.36 bits per heavy atom. The molecule has 0 saturated heterocycles. The molecule has 0 aliphatic rings. The third kappa shape index (κ3) is 2.72. The molecule has 1 N–H and O–H groups in total. The summed E-state index contributed by atoms with van der Waals surface area (Å²) >= 11 is 0.